The third-order valence-corrected chi connectivity index (χ3v) is 3.64. The van der Waals surface area contributed by atoms with Crippen molar-refractivity contribution in [3.63, 3.8) is 0 Å². The van der Waals surface area contributed by atoms with Crippen molar-refractivity contribution in [2.75, 3.05) is 19.6 Å². The second-order valence-electron chi connectivity index (χ2n) is 5.12. The van der Waals surface area contributed by atoms with Gasteiger partial charge in [0.1, 0.15) is 0 Å². The molecule has 0 spiro atoms. The van der Waals surface area contributed by atoms with Crippen molar-refractivity contribution in [1.82, 2.24) is 4.90 Å². The van der Waals surface area contributed by atoms with Gasteiger partial charge in [0, 0.05) is 25.2 Å². The molecule has 2 saturated carbocycles. The van der Waals surface area contributed by atoms with E-state index in [1.807, 2.05) is 0 Å². The van der Waals surface area contributed by atoms with Crippen LogP contribution < -0.4 is 5.73 Å². The molecule has 2 aliphatic carbocycles. The predicted molar refractivity (Wildman–Crippen MR) is 48.8 cm³/mol. The van der Waals surface area contributed by atoms with E-state index < -0.39 is 0 Å². The first-order valence-corrected chi connectivity index (χ1v) is 5.27. The zero-order valence-corrected chi connectivity index (χ0v) is 7.63. The lowest BCUT2D eigenvalue weighted by molar-refractivity contribution is 0.0507. The summed E-state index contributed by atoms with van der Waals surface area (Å²) in [5.74, 6) is 1.92. The summed E-state index contributed by atoms with van der Waals surface area (Å²) in [4.78, 5) is 2.55. The molecule has 2 nitrogen and oxygen atoms in total. The number of hydrogen-bond donors (Lipinski definition) is 1. The van der Waals surface area contributed by atoms with E-state index in [-0.39, 0.29) is 5.54 Å². The third-order valence-electron chi connectivity index (χ3n) is 3.64. The van der Waals surface area contributed by atoms with Crippen LogP contribution in [0.15, 0.2) is 0 Å². The lowest BCUT2D eigenvalue weighted by Crippen LogP contribution is -2.68. The average molecular weight is 166 g/mol. The predicted octanol–water partition coefficient (Wildman–Crippen LogP) is 0.819. The first-order chi connectivity index (χ1) is 5.76. The monoisotopic (exact) mass is 166 g/mol. The summed E-state index contributed by atoms with van der Waals surface area (Å²) >= 11 is 0. The first-order valence-electron chi connectivity index (χ1n) is 5.27. The molecule has 1 heterocycles. The number of nitrogens with two attached hydrogens (primary N) is 1. The van der Waals surface area contributed by atoms with E-state index in [0.29, 0.717) is 0 Å². The summed E-state index contributed by atoms with van der Waals surface area (Å²) in [7, 11) is 0. The SMILES string of the molecule is NC1(C2CC2)CN(CC2CC2)C1. The second kappa shape index (κ2) is 2.24. The molecule has 1 saturated heterocycles. The lowest BCUT2D eigenvalue weighted by Gasteiger charge is -2.48. The molecule has 0 aromatic heterocycles. The highest BCUT2D eigenvalue weighted by atomic mass is 15.3. The van der Waals surface area contributed by atoms with Crippen molar-refractivity contribution < 1.29 is 0 Å². The smallest absolute Gasteiger partial charge is 0.0440 e. The van der Waals surface area contributed by atoms with Gasteiger partial charge in [0.05, 0.1) is 0 Å². The molecule has 3 aliphatic rings. The minimum absolute atomic E-state index is 0.245. The Morgan fingerprint density at radius 1 is 1.17 bits per heavy atom. The van der Waals surface area contributed by atoms with Crippen molar-refractivity contribution in [3.8, 4) is 0 Å². The van der Waals surface area contributed by atoms with Crippen molar-refractivity contribution >= 4 is 0 Å². The van der Waals surface area contributed by atoms with Crippen molar-refractivity contribution in [1.29, 1.82) is 0 Å². The summed E-state index contributed by atoms with van der Waals surface area (Å²) in [5.41, 5.74) is 6.50. The highest BCUT2D eigenvalue weighted by Crippen LogP contribution is 2.44. The molecule has 2 heteroatoms. The van der Waals surface area contributed by atoms with Crippen LogP contribution in [-0.4, -0.2) is 30.1 Å². The zero-order valence-electron chi connectivity index (χ0n) is 7.63. The second-order valence-corrected chi connectivity index (χ2v) is 5.12. The minimum Gasteiger partial charge on any atom is -0.323 e. The van der Waals surface area contributed by atoms with Crippen LogP contribution in [0.5, 0.6) is 0 Å². The molecule has 12 heavy (non-hydrogen) atoms. The van der Waals surface area contributed by atoms with Crippen LogP contribution in [0.4, 0.5) is 0 Å². The average Bonchev–Trinajstić information content (AvgIpc) is 2.81. The molecule has 0 unspecified atom stereocenters. The normalized spacial score (nSPS) is 34.8. The molecule has 1 aliphatic heterocycles. The summed E-state index contributed by atoms with van der Waals surface area (Å²) < 4.78 is 0. The third kappa shape index (κ3) is 1.17. The van der Waals surface area contributed by atoms with Crippen LogP contribution in [0, 0.1) is 11.8 Å². The summed E-state index contributed by atoms with van der Waals surface area (Å²) in [6.07, 6.45) is 5.73. The number of rotatable bonds is 3. The maximum Gasteiger partial charge on any atom is 0.0440 e. The van der Waals surface area contributed by atoms with Gasteiger partial charge in [0.15, 0.2) is 0 Å². The van der Waals surface area contributed by atoms with Crippen molar-refractivity contribution in [2.24, 2.45) is 17.6 Å². The molecule has 0 amide bonds. The quantitative estimate of drug-likeness (QED) is 0.672. The molecule has 68 valence electrons. The Morgan fingerprint density at radius 3 is 2.33 bits per heavy atom. The van der Waals surface area contributed by atoms with Gasteiger partial charge in [-0.05, 0) is 37.5 Å². The van der Waals surface area contributed by atoms with Gasteiger partial charge in [-0.15, -0.1) is 0 Å². The van der Waals surface area contributed by atoms with Gasteiger partial charge >= 0.3 is 0 Å². The molecule has 0 aromatic rings. The van der Waals surface area contributed by atoms with Gasteiger partial charge in [-0.25, -0.2) is 0 Å². The van der Waals surface area contributed by atoms with Gasteiger partial charge in [0.25, 0.3) is 0 Å². The van der Waals surface area contributed by atoms with Crippen molar-refractivity contribution in [2.45, 2.75) is 31.2 Å². The van der Waals surface area contributed by atoms with Gasteiger partial charge in [-0.3, -0.25) is 4.90 Å². The minimum atomic E-state index is 0.245. The Kier molecular flexibility index (Phi) is 1.37. The van der Waals surface area contributed by atoms with Crippen LogP contribution in [-0.2, 0) is 0 Å². The maximum absolute atomic E-state index is 6.25. The molecular weight excluding hydrogens is 148 g/mol. The van der Waals surface area contributed by atoms with Crippen LogP contribution >= 0.6 is 0 Å². The largest absolute Gasteiger partial charge is 0.323 e. The topological polar surface area (TPSA) is 29.3 Å². The van der Waals surface area contributed by atoms with Crippen LogP contribution in [0.3, 0.4) is 0 Å². The molecule has 0 radical (unpaired) electrons. The van der Waals surface area contributed by atoms with Gasteiger partial charge < -0.3 is 5.73 Å². The van der Waals surface area contributed by atoms with Crippen LogP contribution in [0.25, 0.3) is 0 Å². The van der Waals surface area contributed by atoms with E-state index in [4.69, 9.17) is 5.73 Å². The van der Waals surface area contributed by atoms with E-state index in [1.54, 1.807) is 0 Å². The number of hydrogen-bond acceptors (Lipinski definition) is 2. The van der Waals surface area contributed by atoms with Crippen molar-refractivity contribution in [3.05, 3.63) is 0 Å². The fourth-order valence-electron chi connectivity index (χ4n) is 2.50. The highest BCUT2D eigenvalue weighted by molar-refractivity contribution is 5.09. The number of likely N-dealkylation sites (tertiary alicyclic amines) is 1. The molecule has 0 atom stereocenters. The Labute approximate surface area is 74.1 Å². The maximum atomic E-state index is 6.25. The highest BCUT2D eigenvalue weighted by Gasteiger charge is 2.50. The number of nitrogens with zero attached hydrogens (tertiary/aromatic N) is 1. The van der Waals surface area contributed by atoms with Crippen LogP contribution in [0.1, 0.15) is 25.7 Å². The molecular formula is C10H18N2. The zero-order chi connectivity index (χ0) is 8.18. The summed E-state index contributed by atoms with van der Waals surface area (Å²) in [5, 5.41) is 0. The van der Waals surface area contributed by atoms with Gasteiger partial charge in [-0.2, -0.15) is 0 Å². The molecule has 0 bridgehead atoms. The lowest BCUT2D eigenvalue weighted by atomic mass is 9.85. The Balaban J connectivity index is 1.49. The van der Waals surface area contributed by atoms with Crippen LogP contribution in [0.2, 0.25) is 0 Å². The Hall–Kier alpha value is -0.0800. The molecule has 3 fully saturated rings. The van der Waals surface area contributed by atoms with Gasteiger partial charge in [-0.1, -0.05) is 0 Å². The first kappa shape index (κ1) is 7.34. The molecule has 3 rings (SSSR count). The molecule has 2 N–H and O–H groups in total. The molecule has 0 aromatic carbocycles. The van der Waals surface area contributed by atoms with E-state index in [9.17, 15) is 0 Å². The van der Waals surface area contributed by atoms with Gasteiger partial charge in [0.2, 0.25) is 0 Å². The standard InChI is InChI=1S/C10H18N2/c11-10(9-3-4-9)6-12(7-10)5-8-1-2-8/h8-9H,1-7,11H2. The Bertz CT molecular complexity index is 188. The Morgan fingerprint density at radius 2 is 1.83 bits per heavy atom. The van der Waals surface area contributed by atoms with E-state index in [2.05, 4.69) is 4.90 Å². The fraction of sp³-hybridized carbons (Fsp3) is 1.00. The van der Waals surface area contributed by atoms with E-state index in [0.717, 1.165) is 11.8 Å². The fourth-order valence-corrected chi connectivity index (χ4v) is 2.50. The summed E-state index contributed by atoms with van der Waals surface area (Å²) in [6, 6.07) is 0. The summed E-state index contributed by atoms with van der Waals surface area (Å²) in [6.45, 7) is 3.72. The van der Waals surface area contributed by atoms with E-state index in [1.165, 1.54) is 45.3 Å². The van der Waals surface area contributed by atoms with E-state index >= 15 is 0 Å².